The van der Waals surface area contributed by atoms with Crippen LogP contribution in [0.25, 0.3) is 0 Å². The van der Waals surface area contributed by atoms with Crippen LogP contribution in [0.3, 0.4) is 0 Å². The first kappa shape index (κ1) is 14.0. The second-order valence-corrected chi connectivity index (χ2v) is 4.28. The fourth-order valence-corrected chi connectivity index (χ4v) is 1.84. The van der Waals surface area contributed by atoms with Gasteiger partial charge in [0.25, 0.3) is 5.91 Å². The zero-order valence-electron chi connectivity index (χ0n) is 11.1. The van der Waals surface area contributed by atoms with Crippen LogP contribution < -0.4 is 5.32 Å². The molecule has 6 heteroatoms. The highest BCUT2D eigenvalue weighted by Crippen LogP contribution is 2.04. The molecule has 0 saturated carbocycles. The van der Waals surface area contributed by atoms with E-state index in [-0.39, 0.29) is 11.5 Å². The molecule has 1 aliphatic rings. The Balaban J connectivity index is 1.92. The Hall–Kier alpha value is -2.39. The molecule has 2 rings (SSSR count). The smallest absolute Gasteiger partial charge is 0.266 e. The van der Waals surface area contributed by atoms with Gasteiger partial charge in [-0.2, -0.15) is 5.26 Å². The second kappa shape index (κ2) is 7.26. The van der Waals surface area contributed by atoms with Gasteiger partial charge in [0, 0.05) is 25.5 Å². The van der Waals surface area contributed by atoms with Gasteiger partial charge in [-0.05, 0) is 12.1 Å². The lowest BCUT2D eigenvalue weighted by Crippen LogP contribution is -2.41. The van der Waals surface area contributed by atoms with Crippen molar-refractivity contribution in [2.24, 2.45) is 0 Å². The largest absolute Gasteiger partial charge is 0.384 e. The number of morpholine rings is 1. The standard InChI is InChI=1S/C14H16N4O2/c15-9-12(14(19)18-5-7-20-8-6-18)10-16-11-13-3-1-2-4-17-13/h1-4,10,16H,5-8,11H2/b12-10-. The molecule has 1 aromatic heterocycles. The molecule has 1 aromatic rings. The van der Waals surface area contributed by atoms with Gasteiger partial charge in [0.1, 0.15) is 11.6 Å². The van der Waals surface area contributed by atoms with Crippen molar-refractivity contribution in [2.75, 3.05) is 26.3 Å². The minimum absolute atomic E-state index is 0.0998. The lowest BCUT2D eigenvalue weighted by atomic mass is 10.2. The predicted octanol–water partition coefficient (Wildman–Crippen LogP) is 0.437. The van der Waals surface area contributed by atoms with Crippen molar-refractivity contribution in [3.63, 3.8) is 0 Å². The summed E-state index contributed by atoms with van der Waals surface area (Å²) in [5.74, 6) is -0.260. The number of hydrogen-bond donors (Lipinski definition) is 1. The van der Waals surface area contributed by atoms with Crippen LogP contribution in [0.15, 0.2) is 36.2 Å². The molecule has 0 aliphatic carbocycles. The molecule has 1 aliphatic heterocycles. The van der Waals surface area contributed by atoms with Gasteiger partial charge >= 0.3 is 0 Å². The summed E-state index contributed by atoms with van der Waals surface area (Å²) < 4.78 is 5.18. The number of nitriles is 1. The molecule has 20 heavy (non-hydrogen) atoms. The summed E-state index contributed by atoms with van der Waals surface area (Å²) in [5, 5.41) is 12.0. The van der Waals surface area contributed by atoms with E-state index in [9.17, 15) is 4.79 Å². The number of carbonyl (C=O) groups excluding carboxylic acids is 1. The minimum atomic E-state index is -0.260. The number of ether oxygens (including phenoxy) is 1. The quantitative estimate of drug-likeness (QED) is 0.635. The van der Waals surface area contributed by atoms with Crippen LogP contribution in [0.2, 0.25) is 0 Å². The first-order valence-electron chi connectivity index (χ1n) is 6.42. The summed E-state index contributed by atoms with van der Waals surface area (Å²) in [6, 6.07) is 7.53. The van der Waals surface area contributed by atoms with Crippen molar-refractivity contribution < 1.29 is 9.53 Å². The average Bonchev–Trinajstić information content (AvgIpc) is 2.53. The van der Waals surface area contributed by atoms with Crippen LogP contribution in [-0.4, -0.2) is 42.1 Å². The number of pyridine rings is 1. The van der Waals surface area contributed by atoms with E-state index in [0.717, 1.165) is 5.69 Å². The molecule has 0 aromatic carbocycles. The third-order valence-electron chi connectivity index (χ3n) is 2.90. The van der Waals surface area contributed by atoms with Crippen molar-refractivity contribution in [3.05, 3.63) is 41.9 Å². The predicted molar refractivity (Wildman–Crippen MR) is 72.2 cm³/mol. The first-order valence-corrected chi connectivity index (χ1v) is 6.42. The molecular weight excluding hydrogens is 256 g/mol. The normalized spacial score (nSPS) is 15.6. The molecular formula is C14H16N4O2. The topological polar surface area (TPSA) is 78.2 Å². The van der Waals surface area contributed by atoms with Crippen LogP contribution in [0.4, 0.5) is 0 Å². The Kier molecular flexibility index (Phi) is 5.09. The Morgan fingerprint density at radius 1 is 1.50 bits per heavy atom. The molecule has 1 N–H and O–H groups in total. The third-order valence-corrected chi connectivity index (χ3v) is 2.90. The van der Waals surface area contributed by atoms with Crippen LogP contribution in [0, 0.1) is 11.3 Å². The number of rotatable bonds is 4. The molecule has 6 nitrogen and oxygen atoms in total. The molecule has 0 unspecified atom stereocenters. The van der Waals surface area contributed by atoms with Crippen molar-refractivity contribution in [1.29, 1.82) is 5.26 Å². The molecule has 0 bridgehead atoms. The number of carbonyl (C=O) groups is 1. The Labute approximate surface area is 117 Å². The van der Waals surface area contributed by atoms with Crippen LogP contribution in [-0.2, 0) is 16.1 Å². The van der Waals surface area contributed by atoms with Crippen molar-refractivity contribution in [2.45, 2.75) is 6.54 Å². The van der Waals surface area contributed by atoms with E-state index in [2.05, 4.69) is 10.3 Å². The molecule has 0 spiro atoms. The van der Waals surface area contributed by atoms with Gasteiger partial charge in [0.2, 0.25) is 0 Å². The maximum Gasteiger partial charge on any atom is 0.266 e. The highest BCUT2D eigenvalue weighted by Gasteiger charge is 2.20. The van der Waals surface area contributed by atoms with Gasteiger partial charge in [-0.3, -0.25) is 9.78 Å². The highest BCUT2D eigenvalue weighted by atomic mass is 16.5. The first-order chi connectivity index (χ1) is 9.81. The van der Waals surface area contributed by atoms with E-state index in [1.807, 2.05) is 24.3 Å². The molecule has 0 atom stereocenters. The van der Waals surface area contributed by atoms with Crippen molar-refractivity contribution in [1.82, 2.24) is 15.2 Å². The van der Waals surface area contributed by atoms with Gasteiger partial charge in [-0.15, -0.1) is 0 Å². The Morgan fingerprint density at radius 3 is 2.95 bits per heavy atom. The number of nitrogens with zero attached hydrogens (tertiary/aromatic N) is 3. The summed E-state index contributed by atoms with van der Waals surface area (Å²) in [4.78, 5) is 17.9. The maximum atomic E-state index is 12.1. The summed E-state index contributed by atoms with van der Waals surface area (Å²) >= 11 is 0. The van der Waals surface area contributed by atoms with E-state index in [1.165, 1.54) is 6.20 Å². The zero-order valence-corrected chi connectivity index (χ0v) is 11.1. The summed E-state index contributed by atoms with van der Waals surface area (Å²) in [6.45, 7) is 2.57. The lowest BCUT2D eigenvalue weighted by molar-refractivity contribution is -0.130. The molecule has 1 amide bonds. The lowest BCUT2D eigenvalue weighted by Gasteiger charge is -2.26. The SMILES string of the molecule is N#C/C(=C/NCc1ccccn1)C(=O)N1CCOCC1. The molecule has 0 radical (unpaired) electrons. The Morgan fingerprint density at radius 2 is 2.30 bits per heavy atom. The summed E-state index contributed by atoms with van der Waals surface area (Å²) in [6.07, 6.45) is 3.15. The number of aromatic nitrogens is 1. The number of hydrogen-bond acceptors (Lipinski definition) is 5. The molecule has 104 valence electrons. The van der Waals surface area contributed by atoms with E-state index in [1.54, 1.807) is 11.1 Å². The van der Waals surface area contributed by atoms with Crippen molar-refractivity contribution >= 4 is 5.91 Å². The van der Waals surface area contributed by atoms with E-state index in [4.69, 9.17) is 10.00 Å². The number of nitrogens with one attached hydrogen (secondary N) is 1. The number of amides is 1. The van der Waals surface area contributed by atoms with Gasteiger partial charge in [-0.1, -0.05) is 6.07 Å². The van der Waals surface area contributed by atoms with Crippen LogP contribution in [0.5, 0.6) is 0 Å². The van der Waals surface area contributed by atoms with E-state index < -0.39 is 0 Å². The van der Waals surface area contributed by atoms with Gasteiger partial charge in [0.05, 0.1) is 25.5 Å². The van der Waals surface area contributed by atoms with Gasteiger partial charge in [0.15, 0.2) is 0 Å². The monoisotopic (exact) mass is 272 g/mol. The highest BCUT2D eigenvalue weighted by molar-refractivity contribution is 5.97. The molecule has 1 saturated heterocycles. The van der Waals surface area contributed by atoms with E-state index >= 15 is 0 Å². The van der Waals surface area contributed by atoms with E-state index in [0.29, 0.717) is 32.8 Å². The Bertz CT molecular complexity index is 516. The zero-order chi connectivity index (χ0) is 14.2. The van der Waals surface area contributed by atoms with Gasteiger partial charge in [-0.25, -0.2) is 0 Å². The second-order valence-electron chi connectivity index (χ2n) is 4.28. The average molecular weight is 272 g/mol. The van der Waals surface area contributed by atoms with Gasteiger partial charge < -0.3 is 15.0 Å². The maximum absolute atomic E-state index is 12.1. The fourth-order valence-electron chi connectivity index (χ4n) is 1.84. The summed E-state index contributed by atoms with van der Waals surface area (Å²) in [5.41, 5.74) is 0.947. The third kappa shape index (κ3) is 3.80. The van der Waals surface area contributed by atoms with Crippen LogP contribution >= 0.6 is 0 Å². The van der Waals surface area contributed by atoms with Crippen molar-refractivity contribution in [3.8, 4) is 6.07 Å². The fraction of sp³-hybridized carbons (Fsp3) is 0.357. The molecule has 2 heterocycles. The summed E-state index contributed by atoms with van der Waals surface area (Å²) in [7, 11) is 0. The molecule has 1 fully saturated rings. The minimum Gasteiger partial charge on any atom is -0.384 e. The van der Waals surface area contributed by atoms with Crippen LogP contribution in [0.1, 0.15) is 5.69 Å².